The highest BCUT2D eigenvalue weighted by molar-refractivity contribution is 6.27. The third kappa shape index (κ3) is 5.04. The van der Waals surface area contributed by atoms with Gasteiger partial charge in [0, 0.05) is 16.2 Å². The molecule has 0 spiro atoms. The first-order valence-corrected chi connectivity index (χ1v) is 22.6. The van der Waals surface area contributed by atoms with Gasteiger partial charge in [-0.05, 0) is 168 Å². The Morgan fingerprint density at radius 2 is 0.662 bits per heavy atom. The molecule has 0 atom stereocenters. The number of fused-ring (bicyclic) bond motifs is 6. The highest BCUT2D eigenvalue weighted by Gasteiger charge is 2.20. The van der Waals surface area contributed by atoms with Crippen LogP contribution in [-0.4, -0.2) is 0 Å². The minimum Gasteiger partial charge on any atom is -0.455 e. The van der Waals surface area contributed by atoms with E-state index in [2.05, 4.69) is 218 Å². The van der Waals surface area contributed by atoms with Crippen LogP contribution in [0.3, 0.4) is 0 Å². The predicted molar refractivity (Wildman–Crippen MR) is 278 cm³/mol. The van der Waals surface area contributed by atoms with Gasteiger partial charge >= 0.3 is 0 Å². The van der Waals surface area contributed by atoms with Crippen molar-refractivity contribution in [3.8, 4) is 44.5 Å². The minimum absolute atomic E-state index is 0.903. The normalized spacial score (nSPS) is 12.3. The first-order chi connectivity index (χ1) is 32.2. The molecule has 0 aliphatic carbocycles. The molecule has 0 saturated carbocycles. The molecule has 0 aliphatic rings. The van der Waals surface area contributed by atoms with Crippen molar-refractivity contribution in [1.82, 2.24) is 0 Å². The van der Waals surface area contributed by atoms with Crippen LogP contribution in [0.5, 0.6) is 0 Å². The third-order valence-electron chi connectivity index (χ3n) is 14.5. The van der Waals surface area contributed by atoms with Gasteiger partial charge < -0.3 is 4.42 Å². The molecule has 1 heteroatoms. The van der Waals surface area contributed by atoms with E-state index in [0.717, 1.165) is 38.3 Å². The van der Waals surface area contributed by atoms with Crippen LogP contribution in [0.4, 0.5) is 0 Å². The zero-order chi connectivity index (χ0) is 42.3. The van der Waals surface area contributed by atoms with Gasteiger partial charge in [-0.3, -0.25) is 0 Å². The highest BCUT2D eigenvalue weighted by Crippen LogP contribution is 2.46. The Balaban J connectivity index is 0.927. The summed E-state index contributed by atoms with van der Waals surface area (Å²) in [4.78, 5) is 0. The van der Waals surface area contributed by atoms with Crippen LogP contribution in [0.25, 0.3) is 153 Å². The average Bonchev–Trinajstić information content (AvgIpc) is 3.74. The largest absolute Gasteiger partial charge is 0.455 e. The third-order valence-corrected chi connectivity index (χ3v) is 14.5. The summed E-state index contributed by atoms with van der Waals surface area (Å²) in [6, 6.07) is 81.2. The van der Waals surface area contributed by atoms with Crippen LogP contribution >= 0.6 is 0 Å². The predicted octanol–water partition coefficient (Wildman–Crippen LogP) is 18.4. The number of hydrogen-bond donors (Lipinski definition) is 0. The van der Waals surface area contributed by atoms with Gasteiger partial charge in [-0.25, -0.2) is 0 Å². The van der Waals surface area contributed by atoms with Gasteiger partial charge in [0.15, 0.2) is 0 Å². The lowest BCUT2D eigenvalue weighted by molar-refractivity contribution is 0.673. The Bertz CT molecular complexity index is 4440. The van der Waals surface area contributed by atoms with Crippen molar-refractivity contribution in [3.05, 3.63) is 218 Å². The minimum atomic E-state index is 0.903. The molecule has 1 nitrogen and oxygen atoms in total. The second-order valence-electron chi connectivity index (χ2n) is 18.0. The van der Waals surface area contributed by atoms with Crippen molar-refractivity contribution < 1.29 is 4.42 Å². The monoisotopic (exact) mass is 820 g/mol. The average molecular weight is 821 g/mol. The van der Waals surface area contributed by atoms with Crippen LogP contribution in [0.2, 0.25) is 0 Å². The molecule has 0 fully saturated rings. The molecule has 0 aliphatic heterocycles. The summed E-state index contributed by atoms with van der Waals surface area (Å²) < 4.78 is 6.99. The lowest BCUT2D eigenvalue weighted by Gasteiger charge is -2.15. The van der Waals surface area contributed by atoms with E-state index in [1.54, 1.807) is 0 Å². The molecule has 0 radical (unpaired) electrons. The summed E-state index contributed by atoms with van der Waals surface area (Å²) in [6.07, 6.45) is 0. The van der Waals surface area contributed by atoms with Gasteiger partial charge in [0.05, 0.1) is 0 Å². The van der Waals surface area contributed by atoms with Gasteiger partial charge in [0.25, 0.3) is 0 Å². The summed E-state index contributed by atoms with van der Waals surface area (Å²) in [7, 11) is 0. The molecule has 15 rings (SSSR count). The highest BCUT2D eigenvalue weighted by atomic mass is 16.3. The summed E-state index contributed by atoms with van der Waals surface area (Å²) in [5.41, 5.74) is 11.4. The summed E-state index contributed by atoms with van der Waals surface area (Å²) in [6.45, 7) is 0. The van der Waals surface area contributed by atoms with E-state index in [9.17, 15) is 0 Å². The smallest absolute Gasteiger partial charge is 0.143 e. The van der Waals surface area contributed by atoms with E-state index >= 15 is 0 Å². The van der Waals surface area contributed by atoms with Gasteiger partial charge in [-0.15, -0.1) is 0 Å². The number of furan rings is 1. The molecule has 0 N–H and O–H groups in total. The SMILES string of the molecule is c1cc(-c2ccc3c(c2)cc(-c2cccc(-c4ccc5ccc6cccc7ccc4c5c67)c2)c2c4cc5ccccc5cc4oc32)cc(-c2ccc3ccc4cccc5ccc2c3c45)c1. The molecule has 14 aromatic carbocycles. The molecule has 0 unspecified atom stereocenters. The number of rotatable bonds is 4. The van der Waals surface area contributed by atoms with Gasteiger partial charge in [-0.1, -0.05) is 176 Å². The first kappa shape index (κ1) is 35.0. The first-order valence-electron chi connectivity index (χ1n) is 22.6. The molecule has 0 saturated heterocycles. The molecular weight excluding hydrogens is 785 g/mol. The van der Waals surface area contributed by atoms with Crippen LogP contribution in [0, 0.1) is 0 Å². The maximum atomic E-state index is 6.99. The summed E-state index contributed by atoms with van der Waals surface area (Å²) in [5.74, 6) is 0. The Kier molecular flexibility index (Phi) is 7.01. The van der Waals surface area contributed by atoms with Crippen LogP contribution in [-0.2, 0) is 0 Å². The van der Waals surface area contributed by atoms with E-state index in [1.165, 1.54) is 114 Å². The van der Waals surface area contributed by atoms with E-state index in [-0.39, 0.29) is 0 Å². The zero-order valence-electron chi connectivity index (χ0n) is 35.2. The van der Waals surface area contributed by atoms with Crippen molar-refractivity contribution >= 4 is 108 Å². The Labute approximate surface area is 373 Å². The van der Waals surface area contributed by atoms with Crippen molar-refractivity contribution in [1.29, 1.82) is 0 Å². The molecule has 1 aromatic heterocycles. The molecular formula is C64H36O. The fourth-order valence-electron chi connectivity index (χ4n) is 11.5. The van der Waals surface area contributed by atoms with Crippen molar-refractivity contribution in [3.63, 3.8) is 0 Å². The topological polar surface area (TPSA) is 13.1 Å². The molecule has 0 amide bonds. The second-order valence-corrected chi connectivity index (χ2v) is 18.0. The number of benzene rings is 14. The van der Waals surface area contributed by atoms with Gasteiger partial charge in [-0.2, -0.15) is 0 Å². The Morgan fingerprint density at radius 1 is 0.215 bits per heavy atom. The van der Waals surface area contributed by atoms with Crippen molar-refractivity contribution in [2.45, 2.75) is 0 Å². The number of hydrogen-bond acceptors (Lipinski definition) is 1. The summed E-state index contributed by atoms with van der Waals surface area (Å²) in [5, 5.41) is 22.5. The van der Waals surface area contributed by atoms with E-state index in [1.807, 2.05) is 0 Å². The maximum Gasteiger partial charge on any atom is 0.143 e. The second kappa shape index (κ2) is 13.0. The van der Waals surface area contributed by atoms with Crippen LogP contribution < -0.4 is 0 Å². The van der Waals surface area contributed by atoms with Gasteiger partial charge in [0.1, 0.15) is 11.2 Å². The Hall–Kier alpha value is -8.52. The maximum absolute atomic E-state index is 6.99. The lowest BCUT2D eigenvalue weighted by atomic mass is 9.88. The fourth-order valence-corrected chi connectivity index (χ4v) is 11.5. The lowest BCUT2D eigenvalue weighted by Crippen LogP contribution is -1.89. The quantitative estimate of drug-likeness (QED) is 0.161. The van der Waals surface area contributed by atoms with Crippen LogP contribution in [0.1, 0.15) is 0 Å². The zero-order valence-corrected chi connectivity index (χ0v) is 35.2. The molecule has 0 bridgehead atoms. The van der Waals surface area contributed by atoms with E-state index in [4.69, 9.17) is 4.42 Å². The van der Waals surface area contributed by atoms with Crippen LogP contribution in [0.15, 0.2) is 223 Å². The van der Waals surface area contributed by atoms with Crippen molar-refractivity contribution in [2.75, 3.05) is 0 Å². The molecule has 65 heavy (non-hydrogen) atoms. The van der Waals surface area contributed by atoms with E-state index < -0.39 is 0 Å². The Morgan fingerprint density at radius 3 is 1.28 bits per heavy atom. The fraction of sp³-hybridized carbons (Fsp3) is 0. The summed E-state index contributed by atoms with van der Waals surface area (Å²) >= 11 is 0. The molecule has 15 aromatic rings. The van der Waals surface area contributed by atoms with E-state index in [0.29, 0.717) is 0 Å². The molecule has 298 valence electrons. The van der Waals surface area contributed by atoms with Gasteiger partial charge in [0.2, 0.25) is 0 Å². The molecule has 1 heterocycles. The standard InChI is InChI=1S/C64H36O/c1-2-8-45-36-58-57(34-44(45)7-1)63-56(49-16-6-15-48(33-49)52-27-22-42-20-18-38-10-4-12-40-24-30-55(52)62(42)60(38)40)35-50-32-46(25-28-53(50)64(63)65-58)43-13-5-14-47(31-43)51-26-21-41-19-17-37-9-3-11-39-23-29-54(51)61(41)59(37)39/h1-36H. The van der Waals surface area contributed by atoms with Crippen molar-refractivity contribution in [2.24, 2.45) is 0 Å².